The van der Waals surface area contributed by atoms with Gasteiger partial charge < -0.3 is 5.32 Å². The molecule has 0 radical (unpaired) electrons. The Kier molecular flexibility index (Phi) is 3.48. The van der Waals surface area contributed by atoms with Crippen LogP contribution in [0.2, 0.25) is 0 Å². The van der Waals surface area contributed by atoms with Gasteiger partial charge in [-0.05, 0) is 13.0 Å². The molecule has 0 atom stereocenters. The SMILES string of the molecule is CNc1cc(S(=O)(=O)Nc2ncc(C)s2)ccn1. The van der Waals surface area contributed by atoms with Crippen molar-refractivity contribution >= 4 is 32.3 Å². The third kappa shape index (κ3) is 2.77. The highest BCUT2D eigenvalue weighted by atomic mass is 32.2. The fourth-order valence-electron chi connectivity index (χ4n) is 1.29. The Balaban J connectivity index is 2.30. The Morgan fingerprint density at radius 2 is 2.11 bits per heavy atom. The predicted octanol–water partition coefficient (Wildman–Crippen LogP) is 1.69. The lowest BCUT2D eigenvalue weighted by molar-refractivity contribution is 0.601. The number of aryl methyl sites for hydroxylation is 1. The van der Waals surface area contributed by atoms with Crippen LogP contribution in [0.4, 0.5) is 10.9 Å². The molecule has 96 valence electrons. The standard InChI is InChI=1S/C10H12N4O2S2/c1-7-6-13-10(17-7)14-18(15,16)8-3-4-12-9(5-8)11-2/h3-6H,1-2H3,(H,11,12)(H,13,14). The zero-order valence-corrected chi connectivity index (χ0v) is 11.5. The van der Waals surface area contributed by atoms with Gasteiger partial charge in [0.25, 0.3) is 10.0 Å². The summed E-state index contributed by atoms with van der Waals surface area (Å²) in [6.07, 6.45) is 3.06. The number of pyridine rings is 1. The molecule has 6 nitrogen and oxygen atoms in total. The third-order valence-corrected chi connectivity index (χ3v) is 4.43. The van der Waals surface area contributed by atoms with E-state index in [2.05, 4.69) is 20.0 Å². The van der Waals surface area contributed by atoms with E-state index < -0.39 is 10.0 Å². The minimum Gasteiger partial charge on any atom is -0.373 e. The Morgan fingerprint density at radius 3 is 2.72 bits per heavy atom. The molecule has 0 saturated heterocycles. The molecule has 2 rings (SSSR count). The van der Waals surface area contributed by atoms with Crippen molar-refractivity contribution < 1.29 is 8.42 Å². The topological polar surface area (TPSA) is 84.0 Å². The Bertz CT molecular complexity index is 651. The number of anilines is 2. The smallest absolute Gasteiger partial charge is 0.263 e. The molecular weight excluding hydrogens is 272 g/mol. The fraction of sp³-hybridized carbons (Fsp3) is 0.200. The molecule has 2 N–H and O–H groups in total. The van der Waals surface area contributed by atoms with Gasteiger partial charge in [-0.3, -0.25) is 4.72 Å². The summed E-state index contributed by atoms with van der Waals surface area (Å²) in [5.74, 6) is 0.494. The molecule has 0 aliphatic rings. The van der Waals surface area contributed by atoms with E-state index in [9.17, 15) is 8.42 Å². The highest BCUT2D eigenvalue weighted by molar-refractivity contribution is 7.93. The first-order valence-corrected chi connectivity index (χ1v) is 7.40. The maximum atomic E-state index is 12.1. The number of nitrogens with zero attached hydrogens (tertiary/aromatic N) is 2. The van der Waals surface area contributed by atoms with Gasteiger partial charge in [0.2, 0.25) is 0 Å². The second kappa shape index (κ2) is 4.91. The van der Waals surface area contributed by atoms with Crippen LogP contribution >= 0.6 is 11.3 Å². The number of aromatic nitrogens is 2. The monoisotopic (exact) mass is 284 g/mol. The maximum absolute atomic E-state index is 12.1. The van der Waals surface area contributed by atoms with Crippen LogP contribution in [0.15, 0.2) is 29.4 Å². The second-order valence-corrected chi connectivity index (χ2v) is 6.43. The molecule has 2 aromatic heterocycles. The largest absolute Gasteiger partial charge is 0.373 e. The lowest BCUT2D eigenvalue weighted by Crippen LogP contribution is -2.13. The molecule has 18 heavy (non-hydrogen) atoms. The van der Waals surface area contributed by atoms with Gasteiger partial charge in [0.1, 0.15) is 5.82 Å². The van der Waals surface area contributed by atoms with Gasteiger partial charge in [0.15, 0.2) is 5.13 Å². The van der Waals surface area contributed by atoms with Gasteiger partial charge in [-0.15, -0.1) is 11.3 Å². The summed E-state index contributed by atoms with van der Waals surface area (Å²) in [6, 6.07) is 2.90. The van der Waals surface area contributed by atoms with Gasteiger partial charge >= 0.3 is 0 Å². The summed E-state index contributed by atoms with van der Waals surface area (Å²) in [4.78, 5) is 9.02. The molecule has 0 aliphatic heterocycles. The molecule has 0 bridgehead atoms. The van der Waals surface area contributed by atoms with Crippen LogP contribution in [-0.4, -0.2) is 25.4 Å². The summed E-state index contributed by atoms with van der Waals surface area (Å²) in [5, 5.41) is 3.15. The molecule has 0 unspecified atom stereocenters. The van der Waals surface area contributed by atoms with Crippen LogP contribution in [-0.2, 0) is 10.0 Å². The summed E-state index contributed by atoms with van der Waals surface area (Å²) in [7, 11) is -1.94. The summed E-state index contributed by atoms with van der Waals surface area (Å²) < 4.78 is 26.6. The maximum Gasteiger partial charge on any atom is 0.263 e. The van der Waals surface area contributed by atoms with E-state index in [1.807, 2.05) is 6.92 Å². The summed E-state index contributed by atoms with van der Waals surface area (Å²) >= 11 is 1.29. The van der Waals surface area contributed by atoms with Crippen molar-refractivity contribution in [3.63, 3.8) is 0 Å². The molecular formula is C10H12N4O2S2. The Morgan fingerprint density at radius 1 is 1.33 bits per heavy atom. The first-order valence-electron chi connectivity index (χ1n) is 5.10. The molecule has 8 heteroatoms. The van der Waals surface area contributed by atoms with Crippen molar-refractivity contribution in [1.29, 1.82) is 0 Å². The van der Waals surface area contributed by atoms with E-state index >= 15 is 0 Å². The van der Waals surface area contributed by atoms with E-state index in [0.717, 1.165) is 4.88 Å². The van der Waals surface area contributed by atoms with E-state index in [0.29, 0.717) is 10.9 Å². The Hall–Kier alpha value is -1.67. The highest BCUT2D eigenvalue weighted by Gasteiger charge is 2.16. The van der Waals surface area contributed by atoms with Gasteiger partial charge in [-0.25, -0.2) is 18.4 Å². The van der Waals surface area contributed by atoms with Gasteiger partial charge in [0, 0.05) is 30.4 Å². The van der Waals surface area contributed by atoms with Crippen LogP contribution in [0.25, 0.3) is 0 Å². The number of rotatable bonds is 4. The molecule has 0 aliphatic carbocycles. The molecule has 0 amide bonds. The van der Waals surface area contributed by atoms with Crippen LogP contribution in [0.5, 0.6) is 0 Å². The average Bonchev–Trinajstić information content (AvgIpc) is 2.74. The summed E-state index contributed by atoms with van der Waals surface area (Å²) in [6.45, 7) is 1.86. The van der Waals surface area contributed by atoms with Gasteiger partial charge in [-0.1, -0.05) is 0 Å². The number of nitrogens with one attached hydrogen (secondary N) is 2. The number of thiazole rings is 1. The minimum atomic E-state index is -3.61. The van der Waals surface area contributed by atoms with Crippen molar-refractivity contribution in [2.75, 3.05) is 17.1 Å². The van der Waals surface area contributed by atoms with Crippen LogP contribution < -0.4 is 10.0 Å². The Labute approximate surface area is 109 Å². The summed E-state index contributed by atoms with van der Waals surface area (Å²) in [5.41, 5.74) is 0. The van der Waals surface area contributed by atoms with Crippen molar-refractivity contribution in [2.45, 2.75) is 11.8 Å². The van der Waals surface area contributed by atoms with Crippen molar-refractivity contribution in [3.8, 4) is 0 Å². The van der Waals surface area contributed by atoms with Gasteiger partial charge in [0.05, 0.1) is 4.90 Å². The lowest BCUT2D eigenvalue weighted by atomic mass is 10.5. The molecule has 0 fully saturated rings. The van der Waals surface area contributed by atoms with Crippen LogP contribution in [0, 0.1) is 6.92 Å². The molecule has 2 heterocycles. The highest BCUT2D eigenvalue weighted by Crippen LogP contribution is 2.21. The zero-order chi connectivity index (χ0) is 13.2. The normalized spacial score (nSPS) is 11.2. The zero-order valence-electron chi connectivity index (χ0n) is 9.84. The quantitative estimate of drug-likeness (QED) is 0.892. The third-order valence-electron chi connectivity index (χ3n) is 2.14. The number of hydrogen-bond acceptors (Lipinski definition) is 6. The van der Waals surface area contributed by atoms with Gasteiger partial charge in [-0.2, -0.15) is 0 Å². The fourth-order valence-corrected chi connectivity index (χ4v) is 3.21. The number of sulfonamides is 1. The average molecular weight is 284 g/mol. The minimum absolute atomic E-state index is 0.148. The number of hydrogen-bond donors (Lipinski definition) is 2. The predicted molar refractivity (Wildman–Crippen MR) is 71.4 cm³/mol. The first kappa shape index (κ1) is 12.8. The van der Waals surface area contributed by atoms with Crippen molar-refractivity contribution in [1.82, 2.24) is 9.97 Å². The second-order valence-electron chi connectivity index (χ2n) is 3.51. The van der Waals surface area contributed by atoms with Crippen LogP contribution in [0.3, 0.4) is 0 Å². The lowest BCUT2D eigenvalue weighted by Gasteiger charge is -2.06. The van der Waals surface area contributed by atoms with E-state index in [1.54, 1.807) is 13.2 Å². The van der Waals surface area contributed by atoms with E-state index in [4.69, 9.17) is 0 Å². The van der Waals surface area contributed by atoms with E-state index in [-0.39, 0.29) is 4.90 Å². The van der Waals surface area contributed by atoms with Crippen molar-refractivity contribution in [2.24, 2.45) is 0 Å². The first-order chi connectivity index (χ1) is 8.51. The molecule has 0 spiro atoms. The van der Waals surface area contributed by atoms with E-state index in [1.165, 1.54) is 29.7 Å². The van der Waals surface area contributed by atoms with Crippen LogP contribution in [0.1, 0.15) is 4.88 Å². The molecule has 0 aromatic carbocycles. The van der Waals surface area contributed by atoms with Crippen molar-refractivity contribution in [3.05, 3.63) is 29.4 Å². The molecule has 2 aromatic rings. The molecule has 0 saturated carbocycles.